The molecule has 8 heteroatoms. The van der Waals surface area contributed by atoms with Crippen LogP contribution in [0.5, 0.6) is 0 Å². The van der Waals surface area contributed by atoms with Gasteiger partial charge in [0.25, 0.3) is 0 Å². The highest BCUT2D eigenvalue weighted by atomic mass is 16.5. The summed E-state index contributed by atoms with van der Waals surface area (Å²) >= 11 is 0. The molecule has 3 heterocycles. The van der Waals surface area contributed by atoms with Crippen LogP contribution in [0.3, 0.4) is 0 Å². The predicted molar refractivity (Wildman–Crippen MR) is 93.1 cm³/mol. The first-order valence-electron chi connectivity index (χ1n) is 8.78. The molecule has 1 N–H and O–H groups in total. The number of nitrogens with zero attached hydrogens (tertiary/aromatic N) is 5. The Bertz CT molecular complexity index is 737. The molecule has 0 radical (unpaired) electrons. The first kappa shape index (κ1) is 17.6. The van der Waals surface area contributed by atoms with Crippen LogP contribution in [0.4, 0.5) is 5.82 Å². The van der Waals surface area contributed by atoms with Crippen molar-refractivity contribution in [1.29, 1.82) is 0 Å². The molecule has 0 bridgehead atoms. The molecule has 0 spiro atoms. The number of aromatic nitrogens is 4. The van der Waals surface area contributed by atoms with Crippen molar-refractivity contribution in [3.8, 4) is 0 Å². The average molecular weight is 346 g/mol. The smallest absolute Gasteiger partial charge is 0.242 e. The number of hydrogen-bond donors (Lipinski definition) is 1. The second-order valence-electron chi connectivity index (χ2n) is 6.88. The van der Waals surface area contributed by atoms with Crippen molar-refractivity contribution >= 4 is 11.7 Å². The average Bonchev–Trinajstić information content (AvgIpc) is 3.11. The summed E-state index contributed by atoms with van der Waals surface area (Å²) in [4.78, 5) is 19.1. The van der Waals surface area contributed by atoms with Crippen LogP contribution in [-0.2, 0) is 11.3 Å². The molecule has 1 aliphatic heterocycles. The van der Waals surface area contributed by atoms with E-state index in [0.717, 1.165) is 44.1 Å². The summed E-state index contributed by atoms with van der Waals surface area (Å²) in [5, 5.41) is 11.1. The van der Waals surface area contributed by atoms with Crippen molar-refractivity contribution < 1.29 is 9.32 Å². The fourth-order valence-corrected chi connectivity index (χ4v) is 3.40. The summed E-state index contributed by atoms with van der Waals surface area (Å²) in [6, 6.07) is 1.51. The molecule has 2 aromatic heterocycles. The summed E-state index contributed by atoms with van der Waals surface area (Å²) < 4.78 is 6.97. The fraction of sp³-hybridized carbons (Fsp3) is 0.647. The third-order valence-electron chi connectivity index (χ3n) is 4.75. The summed E-state index contributed by atoms with van der Waals surface area (Å²) in [6.07, 6.45) is 2.23. The van der Waals surface area contributed by atoms with Gasteiger partial charge in [0.15, 0.2) is 5.82 Å². The van der Waals surface area contributed by atoms with Gasteiger partial charge >= 0.3 is 0 Å². The van der Waals surface area contributed by atoms with Crippen molar-refractivity contribution in [2.45, 2.75) is 53.1 Å². The highest BCUT2D eigenvalue weighted by Crippen LogP contribution is 2.21. The molecule has 1 fully saturated rings. The summed E-state index contributed by atoms with van der Waals surface area (Å²) in [5.41, 5.74) is 0. The molecular weight excluding hydrogens is 320 g/mol. The summed E-state index contributed by atoms with van der Waals surface area (Å²) in [5.74, 6) is 3.32. The number of nitrogens with one attached hydrogen (secondary N) is 1. The standard InChI is InChI=1S/C17H26N6O2/c1-11-8-16(21-25-11)19-17(24)12(2)22-7-5-6-15(9-22)10-23-14(4)18-13(3)20-23/h8,12,15H,5-7,9-10H2,1-4H3,(H,19,21,24). The van der Waals surface area contributed by atoms with Crippen molar-refractivity contribution in [1.82, 2.24) is 24.8 Å². The van der Waals surface area contributed by atoms with E-state index < -0.39 is 0 Å². The van der Waals surface area contributed by atoms with Crippen LogP contribution in [0.15, 0.2) is 10.6 Å². The fourth-order valence-electron chi connectivity index (χ4n) is 3.40. The molecule has 8 nitrogen and oxygen atoms in total. The summed E-state index contributed by atoms with van der Waals surface area (Å²) in [6.45, 7) is 10.3. The van der Waals surface area contributed by atoms with Gasteiger partial charge in [0.05, 0.1) is 6.04 Å². The third kappa shape index (κ3) is 4.25. The maximum absolute atomic E-state index is 12.5. The van der Waals surface area contributed by atoms with Crippen LogP contribution in [0.2, 0.25) is 0 Å². The Hall–Kier alpha value is -2.22. The Morgan fingerprint density at radius 1 is 1.44 bits per heavy atom. The Morgan fingerprint density at radius 3 is 2.88 bits per heavy atom. The summed E-state index contributed by atoms with van der Waals surface area (Å²) in [7, 11) is 0. The Labute approximate surface area is 147 Å². The van der Waals surface area contributed by atoms with Crippen LogP contribution < -0.4 is 5.32 Å². The Kier molecular flexibility index (Phi) is 5.17. The van der Waals surface area contributed by atoms with Crippen LogP contribution in [0, 0.1) is 26.7 Å². The van der Waals surface area contributed by atoms with Crippen molar-refractivity contribution in [2.24, 2.45) is 5.92 Å². The van der Waals surface area contributed by atoms with Crippen molar-refractivity contribution in [3.63, 3.8) is 0 Å². The lowest BCUT2D eigenvalue weighted by Crippen LogP contribution is -2.47. The lowest BCUT2D eigenvalue weighted by molar-refractivity contribution is -0.121. The zero-order valence-corrected chi connectivity index (χ0v) is 15.3. The second kappa shape index (κ2) is 7.35. The van der Waals surface area contributed by atoms with Crippen LogP contribution in [-0.4, -0.2) is 49.9 Å². The topological polar surface area (TPSA) is 89.1 Å². The van der Waals surface area contributed by atoms with E-state index in [1.165, 1.54) is 0 Å². The van der Waals surface area contributed by atoms with E-state index in [9.17, 15) is 4.79 Å². The van der Waals surface area contributed by atoms with Gasteiger partial charge < -0.3 is 9.84 Å². The number of aryl methyl sites for hydroxylation is 3. The van der Waals surface area contributed by atoms with Gasteiger partial charge in [-0.1, -0.05) is 5.16 Å². The van der Waals surface area contributed by atoms with Gasteiger partial charge in [0.1, 0.15) is 17.4 Å². The van der Waals surface area contributed by atoms with Crippen LogP contribution in [0.25, 0.3) is 0 Å². The van der Waals surface area contributed by atoms with Crippen molar-refractivity contribution in [2.75, 3.05) is 18.4 Å². The molecule has 0 saturated carbocycles. The highest BCUT2D eigenvalue weighted by Gasteiger charge is 2.28. The van der Waals surface area contributed by atoms with E-state index >= 15 is 0 Å². The number of amides is 1. The van der Waals surface area contributed by atoms with Gasteiger partial charge in [-0.05, 0) is 53.0 Å². The minimum absolute atomic E-state index is 0.0540. The Balaban J connectivity index is 1.58. The van der Waals surface area contributed by atoms with Gasteiger partial charge in [-0.3, -0.25) is 9.69 Å². The quantitative estimate of drug-likeness (QED) is 0.890. The zero-order chi connectivity index (χ0) is 18.0. The first-order chi connectivity index (χ1) is 11.9. The molecule has 136 valence electrons. The number of rotatable bonds is 5. The van der Waals surface area contributed by atoms with Gasteiger partial charge in [0, 0.05) is 19.2 Å². The first-order valence-corrected chi connectivity index (χ1v) is 8.78. The largest absolute Gasteiger partial charge is 0.360 e. The normalized spacial score (nSPS) is 19.8. The van der Waals surface area contributed by atoms with E-state index in [4.69, 9.17) is 4.52 Å². The Morgan fingerprint density at radius 2 is 2.24 bits per heavy atom. The van der Waals surface area contributed by atoms with E-state index in [1.54, 1.807) is 13.0 Å². The molecule has 2 aromatic rings. The SMILES string of the molecule is Cc1nc(C)n(CC2CCCN(C(C)C(=O)Nc3cc(C)on3)C2)n1. The van der Waals surface area contributed by atoms with Crippen LogP contribution >= 0.6 is 0 Å². The van der Waals surface area contributed by atoms with Gasteiger partial charge in [-0.2, -0.15) is 5.10 Å². The molecule has 2 unspecified atom stereocenters. The number of carbonyl (C=O) groups excluding carboxylic acids is 1. The molecule has 1 amide bonds. The number of piperidine rings is 1. The van der Waals surface area contributed by atoms with E-state index in [2.05, 4.69) is 25.5 Å². The molecule has 1 aliphatic rings. The van der Waals surface area contributed by atoms with Gasteiger partial charge in [0.2, 0.25) is 5.91 Å². The minimum atomic E-state index is -0.210. The highest BCUT2D eigenvalue weighted by molar-refractivity contribution is 5.93. The minimum Gasteiger partial charge on any atom is -0.360 e. The zero-order valence-electron chi connectivity index (χ0n) is 15.3. The van der Waals surface area contributed by atoms with Gasteiger partial charge in [-0.25, -0.2) is 9.67 Å². The second-order valence-corrected chi connectivity index (χ2v) is 6.88. The maximum atomic E-state index is 12.5. The van der Waals surface area contributed by atoms with E-state index in [0.29, 0.717) is 17.5 Å². The van der Waals surface area contributed by atoms with Crippen molar-refractivity contribution in [3.05, 3.63) is 23.5 Å². The number of carbonyl (C=O) groups is 1. The van der Waals surface area contributed by atoms with Gasteiger partial charge in [-0.15, -0.1) is 0 Å². The molecule has 25 heavy (non-hydrogen) atoms. The molecule has 2 atom stereocenters. The number of anilines is 1. The monoisotopic (exact) mass is 346 g/mol. The van der Waals surface area contributed by atoms with E-state index in [1.807, 2.05) is 25.5 Å². The van der Waals surface area contributed by atoms with E-state index in [-0.39, 0.29) is 11.9 Å². The molecular formula is C17H26N6O2. The lowest BCUT2D eigenvalue weighted by atomic mass is 9.96. The predicted octanol–water partition coefficient (Wildman–Crippen LogP) is 1.93. The molecule has 0 aliphatic carbocycles. The molecule has 1 saturated heterocycles. The molecule has 0 aromatic carbocycles. The number of hydrogen-bond acceptors (Lipinski definition) is 6. The lowest BCUT2D eigenvalue weighted by Gasteiger charge is -2.36. The molecule has 3 rings (SSSR count). The van der Waals surface area contributed by atoms with Crippen LogP contribution in [0.1, 0.15) is 37.2 Å². The maximum Gasteiger partial charge on any atom is 0.242 e. The number of likely N-dealkylation sites (tertiary alicyclic amines) is 1. The third-order valence-corrected chi connectivity index (χ3v) is 4.75.